The van der Waals surface area contributed by atoms with Crippen molar-refractivity contribution in [3.8, 4) is 0 Å². The molecule has 1 aliphatic heterocycles. The van der Waals surface area contributed by atoms with Gasteiger partial charge in [0.25, 0.3) is 0 Å². The van der Waals surface area contributed by atoms with Gasteiger partial charge in [-0.2, -0.15) is 5.06 Å². The topological polar surface area (TPSA) is 12.5 Å². The lowest BCUT2D eigenvalue weighted by Crippen LogP contribution is -2.25. The van der Waals surface area contributed by atoms with E-state index in [1.54, 1.807) is 0 Å². The Morgan fingerprint density at radius 1 is 1.27 bits per heavy atom. The predicted octanol–water partition coefficient (Wildman–Crippen LogP) is 1.91. The van der Waals surface area contributed by atoms with Crippen LogP contribution in [-0.4, -0.2) is 24.3 Å². The molecule has 0 N–H and O–H groups in total. The van der Waals surface area contributed by atoms with Crippen LogP contribution >= 0.6 is 0 Å². The third-order valence-corrected chi connectivity index (χ3v) is 2.80. The van der Waals surface area contributed by atoms with Crippen LogP contribution in [0.1, 0.15) is 27.7 Å². The smallest absolute Gasteiger partial charge is 0.0857 e. The van der Waals surface area contributed by atoms with Crippen LogP contribution < -0.4 is 0 Å². The molecule has 0 aromatic heterocycles. The van der Waals surface area contributed by atoms with Crippen LogP contribution in [-0.2, 0) is 4.84 Å². The molecular formula is C9H19NO. The van der Waals surface area contributed by atoms with E-state index in [0.29, 0.717) is 24.0 Å². The average molecular weight is 157 g/mol. The van der Waals surface area contributed by atoms with Crippen molar-refractivity contribution < 1.29 is 4.84 Å². The van der Waals surface area contributed by atoms with Crippen molar-refractivity contribution >= 4 is 0 Å². The second-order valence-electron chi connectivity index (χ2n) is 3.96. The Hall–Kier alpha value is -0.0800. The largest absolute Gasteiger partial charge is 0.295 e. The minimum atomic E-state index is 0.412. The standard InChI is InChI=1S/C9H19NO/c1-6(2)9-7(3)8(4)10(5)11-9/h6-9H,1-5H3. The van der Waals surface area contributed by atoms with Crippen LogP contribution in [0.25, 0.3) is 0 Å². The molecule has 66 valence electrons. The zero-order valence-corrected chi connectivity index (χ0v) is 8.16. The van der Waals surface area contributed by atoms with E-state index in [4.69, 9.17) is 4.84 Å². The van der Waals surface area contributed by atoms with Gasteiger partial charge in [0.15, 0.2) is 0 Å². The van der Waals surface area contributed by atoms with Gasteiger partial charge in [-0.15, -0.1) is 0 Å². The van der Waals surface area contributed by atoms with Crippen molar-refractivity contribution in [3.05, 3.63) is 0 Å². The maximum Gasteiger partial charge on any atom is 0.0857 e. The summed E-state index contributed by atoms with van der Waals surface area (Å²) < 4.78 is 0. The molecule has 2 heteroatoms. The molecule has 1 fully saturated rings. The maximum atomic E-state index is 5.68. The van der Waals surface area contributed by atoms with Crippen LogP contribution in [0.5, 0.6) is 0 Å². The fourth-order valence-electron chi connectivity index (χ4n) is 1.72. The van der Waals surface area contributed by atoms with Gasteiger partial charge in [0.1, 0.15) is 0 Å². The van der Waals surface area contributed by atoms with Gasteiger partial charge < -0.3 is 0 Å². The molecule has 1 rings (SSSR count). The molecule has 1 saturated heterocycles. The fourth-order valence-corrected chi connectivity index (χ4v) is 1.72. The summed E-state index contributed by atoms with van der Waals surface area (Å²) in [7, 11) is 2.02. The minimum Gasteiger partial charge on any atom is -0.295 e. The SMILES string of the molecule is CC(C)C1ON(C)C(C)C1C. The van der Waals surface area contributed by atoms with E-state index in [9.17, 15) is 0 Å². The summed E-state index contributed by atoms with van der Waals surface area (Å²) in [5, 5.41) is 1.98. The molecule has 0 amide bonds. The molecular weight excluding hydrogens is 138 g/mol. The normalized spacial score (nSPS) is 40.4. The van der Waals surface area contributed by atoms with Crippen molar-refractivity contribution in [1.82, 2.24) is 5.06 Å². The van der Waals surface area contributed by atoms with Gasteiger partial charge in [-0.1, -0.05) is 20.8 Å². The van der Waals surface area contributed by atoms with E-state index >= 15 is 0 Å². The van der Waals surface area contributed by atoms with Gasteiger partial charge in [0.05, 0.1) is 6.10 Å². The zero-order valence-electron chi connectivity index (χ0n) is 8.16. The molecule has 0 spiro atoms. The first-order valence-electron chi connectivity index (χ1n) is 4.43. The van der Waals surface area contributed by atoms with E-state index in [0.717, 1.165) is 0 Å². The molecule has 3 unspecified atom stereocenters. The molecule has 2 nitrogen and oxygen atoms in total. The van der Waals surface area contributed by atoms with Gasteiger partial charge in [-0.3, -0.25) is 4.84 Å². The molecule has 0 aromatic carbocycles. The van der Waals surface area contributed by atoms with Crippen LogP contribution in [0.3, 0.4) is 0 Å². The number of hydrogen-bond donors (Lipinski definition) is 0. The van der Waals surface area contributed by atoms with Crippen molar-refractivity contribution in [3.63, 3.8) is 0 Å². The fraction of sp³-hybridized carbons (Fsp3) is 1.00. The summed E-state index contributed by atoms with van der Waals surface area (Å²) >= 11 is 0. The number of nitrogens with zero attached hydrogens (tertiary/aromatic N) is 1. The Kier molecular flexibility index (Phi) is 2.55. The Labute approximate surface area is 69.5 Å². The number of rotatable bonds is 1. The summed E-state index contributed by atoms with van der Waals surface area (Å²) in [5.74, 6) is 1.28. The number of hydrogen-bond acceptors (Lipinski definition) is 2. The molecule has 0 aromatic rings. The molecule has 0 bridgehead atoms. The van der Waals surface area contributed by atoms with Crippen molar-refractivity contribution in [2.75, 3.05) is 7.05 Å². The Morgan fingerprint density at radius 3 is 2.00 bits per heavy atom. The molecule has 11 heavy (non-hydrogen) atoms. The lowest BCUT2D eigenvalue weighted by molar-refractivity contribution is -0.152. The third-order valence-electron chi connectivity index (χ3n) is 2.80. The Bertz CT molecular complexity index is 136. The Balaban J connectivity index is 2.59. The summed E-state index contributed by atoms with van der Waals surface area (Å²) in [4.78, 5) is 5.68. The molecule has 3 atom stereocenters. The lowest BCUT2D eigenvalue weighted by atomic mass is 9.91. The highest BCUT2D eigenvalue weighted by atomic mass is 16.7. The van der Waals surface area contributed by atoms with Crippen LogP contribution in [0.15, 0.2) is 0 Å². The predicted molar refractivity (Wildman–Crippen MR) is 46.1 cm³/mol. The third kappa shape index (κ3) is 1.57. The maximum absolute atomic E-state index is 5.68. The monoisotopic (exact) mass is 157 g/mol. The Morgan fingerprint density at radius 2 is 1.82 bits per heavy atom. The molecule has 0 aliphatic carbocycles. The van der Waals surface area contributed by atoms with E-state index < -0.39 is 0 Å². The first kappa shape index (κ1) is 9.01. The summed E-state index contributed by atoms with van der Waals surface area (Å²) in [6.07, 6.45) is 0.412. The van der Waals surface area contributed by atoms with E-state index in [-0.39, 0.29) is 0 Å². The second-order valence-corrected chi connectivity index (χ2v) is 3.96. The van der Waals surface area contributed by atoms with Gasteiger partial charge in [-0.25, -0.2) is 0 Å². The van der Waals surface area contributed by atoms with Crippen molar-refractivity contribution in [2.24, 2.45) is 11.8 Å². The zero-order chi connectivity index (χ0) is 8.59. The molecule has 0 saturated carbocycles. The van der Waals surface area contributed by atoms with Crippen LogP contribution in [0, 0.1) is 11.8 Å². The average Bonchev–Trinajstić information content (AvgIpc) is 2.17. The molecule has 1 aliphatic rings. The van der Waals surface area contributed by atoms with Gasteiger partial charge >= 0.3 is 0 Å². The van der Waals surface area contributed by atoms with Crippen LogP contribution in [0.4, 0.5) is 0 Å². The lowest BCUT2D eigenvalue weighted by Gasteiger charge is -2.17. The quantitative estimate of drug-likeness (QED) is 0.576. The van der Waals surface area contributed by atoms with E-state index in [1.807, 2.05) is 12.1 Å². The summed E-state index contributed by atoms with van der Waals surface area (Å²) in [5.41, 5.74) is 0. The highest BCUT2D eigenvalue weighted by Gasteiger charge is 2.36. The highest BCUT2D eigenvalue weighted by Crippen LogP contribution is 2.29. The van der Waals surface area contributed by atoms with Gasteiger partial charge in [0.2, 0.25) is 0 Å². The van der Waals surface area contributed by atoms with E-state index in [2.05, 4.69) is 27.7 Å². The van der Waals surface area contributed by atoms with E-state index in [1.165, 1.54) is 0 Å². The van der Waals surface area contributed by atoms with Gasteiger partial charge in [-0.05, 0) is 12.8 Å². The first-order chi connectivity index (χ1) is 5.04. The number of hydroxylamine groups is 2. The first-order valence-corrected chi connectivity index (χ1v) is 4.43. The second kappa shape index (κ2) is 3.11. The molecule has 0 radical (unpaired) electrons. The summed E-state index contributed by atoms with van der Waals surface area (Å²) in [6, 6.07) is 0.558. The van der Waals surface area contributed by atoms with Crippen LogP contribution in [0.2, 0.25) is 0 Å². The van der Waals surface area contributed by atoms with Gasteiger partial charge in [0, 0.05) is 19.0 Å². The minimum absolute atomic E-state index is 0.412. The summed E-state index contributed by atoms with van der Waals surface area (Å²) in [6.45, 7) is 8.91. The van der Waals surface area contributed by atoms with Crippen molar-refractivity contribution in [2.45, 2.75) is 39.8 Å². The van der Waals surface area contributed by atoms with Crippen molar-refractivity contribution in [1.29, 1.82) is 0 Å². The molecule has 1 heterocycles. The highest BCUT2D eigenvalue weighted by molar-refractivity contribution is 4.81.